The van der Waals surface area contributed by atoms with E-state index in [1.54, 1.807) is 17.9 Å². The summed E-state index contributed by atoms with van der Waals surface area (Å²) in [6.45, 7) is 3.88. The maximum absolute atomic E-state index is 11.7. The molecule has 0 bridgehead atoms. The minimum absolute atomic E-state index is 0.0304. The van der Waals surface area contributed by atoms with Crippen LogP contribution in [-0.2, 0) is 41.6 Å². The van der Waals surface area contributed by atoms with Crippen molar-refractivity contribution in [3.8, 4) is 0 Å². The fraction of sp³-hybridized carbons (Fsp3) is 0.800. The lowest BCUT2D eigenvalue weighted by Crippen LogP contribution is -2.25. The molecule has 1 unspecified atom stereocenters. The number of aliphatic hydroxyl groups excluding tert-OH is 2. The molecule has 13 heteroatoms. The van der Waals surface area contributed by atoms with Crippen LogP contribution >= 0.6 is 0 Å². The number of carbonyl (C=O) groups is 2. The number of aromatic nitrogens is 3. The number of aliphatic hydroxyl groups is 2. The van der Waals surface area contributed by atoms with E-state index in [0.29, 0.717) is 65.0 Å². The van der Waals surface area contributed by atoms with Gasteiger partial charge in [-0.25, -0.2) is 4.68 Å². The van der Waals surface area contributed by atoms with Gasteiger partial charge >= 0.3 is 0 Å². The number of hydrogen-bond acceptors (Lipinski definition) is 11. The van der Waals surface area contributed by atoms with E-state index in [1.807, 2.05) is 0 Å². The highest BCUT2D eigenvalue weighted by Gasteiger charge is 2.06. The van der Waals surface area contributed by atoms with Crippen molar-refractivity contribution < 1.29 is 38.7 Å². The maximum Gasteiger partial charge on any atom is 0.220 e. The number of ether oxygens (including phenoxy) is 4. The molecule has 0 aliphatic carbocycles. The van der Waals surface area contributed by atoms with Gasteiger partial charge in [-0.05, 0) is 0 Å². The van der Waals surface area contributed by atoms with E-state index in [-0.39, 0.29) is 44.3 Å². The Morgan fingerprint density at radius 1 is 1.03 bits per heavy atom. The minimum Gasteiger partial charge on any atom is -0.394 e. The molecule has 1 aromatic rings. The lowest BCUT2D eigenvalue weighted by atomic mass is 10.2. The third-order valence-corrected chi connectivity index (χ3v) is 4.23. The van der Waals surface area contributed by atoms with Crippen LogP contribution in [0.4, 0.5) is 0 Å². The number of carbonyl (C=O) groups excluding carboxylic acids is 2. The Bertz CT molecular complexity index is 646. The second kappa shape index (κ2) is 19.5. The van der Waals surface area contributed by atoms with Crippen molar-refractivity contribution in [1.82, 2.24) is 25.6 Å². The highest BCUT2D eigenvalue weighted by Crippen LogP contribution is 1.95. The lowest BCUT2D eigenvalue weighted by molar-refractivity contribution is -0.124. The molecule has 0 aliphatic rings. The minimum atomic E-state index is -0.855. The number of nitrogens with one attached hydrogen (secondary N) is 2. The zero-order valence-electron chi connectivity index (χ0n) is 19.2. The van der Waals surface area contributed by atoms with Crippen molar-refractivity contribution >= 4 is 11.7 Å². The molecule has 0 saturated carbocycles. The van der Waals surface area contributed by atoms with Crippen molar-refractivity contribution in [3.05, 3.63) is 11.9 Å². The first-order valence-electron chi connectivity index (χ1n) is 11.0. The predicted molar refractivity (Wildman–Crippen MR) is 116 cm³/mol. The van der Waals surface area contributed by atoms with Gasteiger partial charge in [0.1, 0.15) is 11.9 Å². The molecule has 0 radical (unpaired) electrons. The standard InChI is InChI=1S/C20H37N5O8/c1-21-20(29)3-2-18(27)13-22-12-17-14-25(24-23-17)4-5-30-6-7-31-8-9-32-10-11-33-16-19(28)15-26/h14,19,22,26,28H,2-13,15-16H2,1H3,(H,21,29). The molecular formula is C20H37N5O8. The molecule has 1 amide bonds. The van der Waals surface area contributed by atoms with E-state index in [0.717, 1.165) is 0 Å². The zero-order chi connectivity index (χ0) is 24.2. The van der Waals surface area contributed by atoms with Gasteiger partial charge < -0.3 is 39.8 Å². The average molecular weight is 476 g/mol. The first-order valence-corrected chi connectivity index (χ1v) is 11.0. The second-order valence-electron chi connectivity index (χ2n) is 7.04. The maximum atomic E-state index is 11.7. The predicted octanol–water partition coefficient (Wildman–Crippen LogP) is -2.12. The highest BCUT2D eigenvalue weighted by molar-refractivity contribution is 5.85. The molecule has 0 saturated heterocycles. The van der Waals surface area contributed by atoms with Crippen molar-refractivity contribution in [2.24, 2.45) is 0 Å². The molecule has 0 aromatic carbocycles. The van der Waals surface area contributed by atoms with Gasteiger partial charge in [0, 0.05) is 32.6 Å². The van der Waals surface area contributed by atoms with Gasteiger partial charge in [-0.2, -0.15) is 0 Å². The van der Waals surface area contributed by atoms with Crippen LogP contribution in [-0.4, -0.2) is 116 Å². The molecule has 1 aromatic heterocycles. The fourth-order valence-corrected chi connectivity index (χ4v) is 2.42. The molecule has 1 rings (SSSR count). The summed E-state index contributed by atoms with van der Waals surface area (Å²) in [5.41, 5.74) is 0.715. The Morgan fingerprint density at radius 2 is 1.67 bits per heavy atom. The topological polar surface area (TPSA) is 166 Å². The summed E-state index contributed by atoms with van der Waals surface area (Å²) in [5.74, 6) is -0.179. The summed E-state index contributed by atoms with van der Waals surface area (Å²) >= 11 is 0. The lowest BCUT2D eigenvalue weighted by Gasteiger charge is -2.09. The van der Waals surface area contributed by atoms with Gasteiger partial charge in [0.15, 0.2) is 0 Å². The number of ketones is 1. The smallest absolute Gasteiger partial charge is 0.220 e. The van der Waals surface area contributed by atoms with E-state index in [4.69, 9.17) is 29.2 Å². The van der Waals surface area contributed by atoms with Crippen LogP contribution in [0.3, 0.4) is 0 Å². The van der Waals surface area contributed by atoms with Crippen LogP contribution < -0.4 is 10.6 Å². The monoisotopic (exact) mass is 475 g/mol. The van der Waals surface area contributed by atoms with Crippen molar-refractivity contribution in [2.75, 3.05) is 73.1 Å². The van der Waals surface area contributed by atoms with Gasteiger partial charge in [0.05, 0.1) is 78.2 Å². The first kappa shape index (κ1) is 29.0. The third kappa shape index (κ3) is 16.3. The number of Topliss-reactive ketones (excluding diaryl/α,β-unsaturated/α-hetero) is 1. The first-order chi connectivity index (χ1) is 16.0. The average Bonchev–Trinajstić information content (AvgIpc) is 3.27. The van der Waals surface area contributed by atoms with Crippen LogP contribution in [0.1, 0.15) is 18.5 Å². The molecule has 33 heavy (non-hydrogen) atoms. The number of rotatable bonds is 22. The highest BCUT2D eigenvalue weighted by atomic mass is 16.6. The van der Waals surface area contributed by atoms with Gasteiger partial charge in [-0.15, -0.1) is 5.10 Å². The van der Waals surface area contributed by atoms with Crippen molar-refractivity contribution in [1.29, 1.82) is 0 Å². The summed E-state index contributed by atoms with van der Waals surface area (Å²) in [7, 11) is 1.54. The quantitative estimate of drug-likeness (QED) is 0.135. The summed E-state index contributed by atoms with van der Waals surface area (Å²) in [6, 6.07) is 0. The molecule has 0 fully saturated rings. The van der Waals surface area contributed by atoms with Crippen LogP contribution in [0.2, 0.25) is 0 Å². The van der Waals surface area contributed by atoms with Crippen LogP contribution in [0, 0.1) is 0 Å². The van der Waals surface area contributed by atoms with Gasteiger partial charge in [0.25, 0.3) is 0 Å². The summed E-state index contributed by atoms with van der Waals surface area (Å²) in [5, 5.41) is 31.2. The van der Waals surface area contributed by atoms with E-state index >= 15 is 0 Å². The van der Waals surface area contributed by atoms with E-state index in [2.05, 4.69) is 20.9 Å². The van der Waals surface area contributed by atoms with Crippen molar-refractivity contribution in [3.63, 3.8) is 0 Å². The van der Waals surface area contributed by atoms with Gasteiger partial charge in [0.2, 0.25) is 5.91 Å². The van der Waals surface area contributed by atoms with Crippen LogP contribution in [0.5, 0.6) is 0 Å². The number of nitrogens with zero attached hydrogens (tertiary/aromatic N) is 3. The normalized spacial score (nSPS) is 12.1. The summed E-state index contributed by atoms with van der Waals surface area (Å²) in [4.78, 5) is 22.8. The Labute approximate surface area is 193 Å². The summed E-state index contributed by atoms with van der Waals surface area (Å²) in [6.07, 6.45) is 1.33. The van der Waals surface area contributed by atoms with Crippen LogP contribution in [0.15, 0.2) is 6.20 Å². The van der Waals surface area contributed by atoms with Gasteiger partial charge in [-0.3, -0.25) is 9.59 Å². The molecule has 13 nitrogen and oxygen atoms in total. The molecule has 190 valence electrons. The molecule has 0 aliphatic heterocycles. The molecule has 1 heterocycles. The fourth-order valence-electron chi connectivity index (χ4n) is 2.42. The SMILES string of the molecule is CNC(=O)CCC(=O)CNCc1cn(CCOCCOCCOCCOCC(O)CO)nn1. The Hall–Kier alpha value is -2.00. The molecule has 0 spiro atoms. The number of amides is 1. The third-order valence-electron chi connectivity index (χ3n) is 4.23. The Balaban J connectivity index is 1.92. The summed E-state index contributed by atoms with van der Waals surface area (Å²) < 4.78 is 23.0. The van der Waals surface area contributed by atoms with Crippen LogP contribution in [0.25, 0.3) is 0 Å². The number of hydrogen-bond donors (Lipinski definition) is 4. The van der Waals surface area contributed by atoms with E-state index in [9.17, 15) is 9.59 Å². The molecule has 4 N–H and O–H groups in total. The Kier molecular flexibility index (Phi) is 17.1. The van der Waals surface area contributed by atoms with E-state index < -0.39 is 6.10 Å². The zero-order valence-corrected chi connectivity index (χ0v) is 19.2. The van der Waals surface area contributed by atoms with E-state index in [1.165, 1.54) is 0 Å². The van der Waals surface area contributed by atoms with Gasteiger partial charge in [-0.1, -0.05) is 5.21 Å². The molecular weight excluding hydrogens is 438 g/mol. The van der Waals surface area contributed by atoms with Crippen molar-refractivity contribution in [2.45, 2.75) is 32.0 Å². The largest absolute Gasteiger partial charge is 0.394 e. The molecule has 1 atom stereocenters. The Morgan fingerprint density at radius 3 is 2.30 bits per heavy atom. The second-order valence-corrected chi connectivity index (χ2v) is 7.04.